The van der Waals surface area contributed by atoms with E-state index in [0.717, 1.165) is 36.7 Å². The number of nitrogens with zero attached hydrogens (tertiary/aromatic N) is 3. The molecule has 2 aromatic heterocycles. The van der Waals surface area contributed by atoms with Crippen LogP contribution < -0.4 is 4.74 Å². The Balaban J connectivity index is 2.16. The molecule has 2 aromatic rings. The number of ether oxygens (including phenoxy) is 1. The van der Waals surface area contributed by atoms with E-state index < -0.39 is 0 Å². The lowest BCUT2D eigenvalue weighted by atomic mass is 10.3. The van der Waals surface area contributed by atoms with Crippen molar-refractivity contribution in [1.29, 1.82) is 0 Å². The van der Waals surface area contributed by atoms with Crippen molar-refractivity contribution < 1.29 is 4.74 Å². The smallest absolute Gasteiger partial charge is 0.122 e. The number of aromatic nitrogens is 3. The first kappa shape index (κ1) is 11.6. The Bertz CT molecular complexity index is 479. The molecule has 2 heterocycles. The van der Waals surface area contributed by atoms with Gasteiger partial charge in [-0.1, -0.05) is 6.92 Å². The zero-order chi connectivity index (χ0) is 12.1. The molecule has 4 heteroatoms. The molecular formula is C13H17N3O. The van der Waals surface area contributed by atoms with Crippen LogP contribution in [-0.2, 0) is 13.0 Å². The summed E-state index contributed by atoms with van der Waals surface area (Å²) < 4.78 is 7.32. The molecule has 90 valence electrons. The Labute approximate surface area is 101 Å². The first-order valence-electron chi connectivity index (χ1n) is 5.82. The fourth-order valence-electron chi connectivity index (χ4n) is 1.78. The van der Waals surface area contributed by atoms with Crippen LogP contribution >= 0.6 is 0 Å². The second-order valence-electron chi connectivity index (χ2n) is 3.91. The van der Waals surface area contributed by atoms with Crippen LogP contribution in [0.3, 0.4) is 0 Å². The van der Waals surface area contributed by atoms with Gasteiger partial charge in [0.15, 0.2) is 0 Å². The molecule has 0 saturated heterocycles. The van der Waals surface area contributed by atoms with Gasteiger partial charge < -0.3 is 9.30 Å². The number of rotatable bonds is 5. The van der Waals surface area contributed by atoms with E-state index in [1.54, 1.807) is 13.3 Å². The highest BCUT2D eigenvalue weighted by molar-refractivity contribution is 5.22. The van der Waals surface area contributed by atoms with Gasteiger partial charge in [0.25, 0.3) is 0 Å². The minimum absolute atomic E-state index is 0.743. The standard InChI is InChI=1S/C13H17N3O/c1-3-4-13-15-7-8-16(13)10-11-9-12(17-2)5-6-14-11/h5-9H,3-4,10H2,1-2H3. The predicted molar refractivity (Wildman–Crippen MR) is 66.1 cm³/mol. The zero-order valence-electron chi connectivity index (χ0n) is 10.3. The predicted octanol–water partition coefficient (Wildman–Crippen LogP) is 2.29. The van der Waals surface area contributed by atoms with Crippen molar-refractivity contribution in [3.8, 4) is 5.75 Å². The Kier molecular flexibility index (Phi) is 3.75. The van der Waals surface area contributed by atoms with Gasteiger partial charge in [0.2, 0.25) is 0 Å². The summed E-state index contributed by atoms with van der Waals surface area (Å²) in [6.45, 7) is 2.90. The highest BCUT2D eigenvalue weighted by atomic mass is 16.5. The summed E-state index contributed by atoms with van der Waals surface area (Å²) in [5, 5.41) is 0. The number of methoxy groups -OCH3 is 1. The monoisotopic (exact) mass is 231 g/mol. The maximum atomic E-state index is 5.19. The molecule has 0 aromatic carbocycles. The number of imidazole rings is 1. The normalized spacial score (nSPS) is 10.5. The van der Waals surface area contributed by atoms with Crippen molar-refractivity contribution in [1.82, 2.24) is 14.5 Å². The van der Waals surface area contributed by atoms with Gasteiger partial charge >= 0.3 is 0 Å². The van der Waals surface area contributed by atoms with E-state index in [4.69, 9.17) is 4.74 Å². The van der Waals surface area contributed by atoms with Crippen molar-refractivity contribution in [2.45, 2.75) is 26.3 Å². The van der Waals surface area contributed by atoms with Crippen LogP contribution in [0.2, 0.25) is 0 Å². The Morgan fingerprint density at radius 2 is 2.18 bits per heavy atom. The number of hydrogen-bond donors (Lipinski definition) is 0. The lowest BCUT2D eigenvalue weighted by molar-refractivity contribution is 0.413. The lowest BCUT2D eigenvalue weighted by Crippen LogP contribution is -2.05. The van der Waals surface area contributed by atoms with Crippen LogP contribution in [-0.4, -0.2) is 21.6 Å². The van der Waals surface area contributed by atoms with Gasteiger partial charge in [-0.3, -0.25) is 4.98 Å². The minimum Gasteiger partial charge on any atom is -0.497 e. The van der Waals surface area contributed by atoms with E-state index in [2.05, 4.69) is 21.5 Å². The molecule has 0 fully saturated rings. The fraction of sp³-hybridized carbons (Fsp3) is 0.385. The molecule has 2 rings (SSSR count). The molecule has 0 amide bonds. The average Bonchev–Trinajstić information content (AvgIpc) is 2.78. The second-order valence-corrected chi connectivity index (χ2v) is 3.91. The maximum absolute atomic E-state index is 5.19. The van der Waals surface area contributed by atoms with Crippen LogP contribution in [0.5, 0.6) is 5.75 Å². The molecule has 0 unspecified atom stereocenters. The van der Waals surface area contributed by atoms with Crippen molar-refractivity contribution in [3.05, 3.63) is 42.2 Å². The minimum atomic E-state index is 0.743. The molecule has 4 nitrogen and oxygen atoms in total. The fourth-order valence-corrected chi connectivity index (χ4v) is 1.78. The van der Waals surface area contributed by atoms with Crippen LogP contribution in [0.1, 0.15) is 24.9 Å². The third-order valence-corrected chi connectivity index (χ3v) is 2.63. The SMILES string of the molecule is CCCc1nccn1Cc1cc(OC)ccn1. The van der Waals surface area contributed by atoms with E-state index in [0.29, 0.717) is 0 Å². The second kappa shape index (κ2) is 5.48. The van der Waals surface area contributed by atoms with Crippen molar-refractivity contribution >= 4 is 0 Å². The lowest BCUT2D eigenvalue weighted by Gasteiger charge is -2.07. The largest absolute Gasteiger partial charge is 0.497 e. The Hall–Kier alpha value is -1.84. The van der Waals surface area contributed by atoms with Gasteiger partial charge in [-0.15, -0.1) is 0 Å². The van der Waals surface area contributed by atoms with Gasteiger partial charge in [-0.2, -0.15) is 0 Å². The summed E-state index contributed by atoms with van der Waals surface area (Å²) in [5.74, 6) is 1.95. The molecule has 0 aliphatic rings. The van der Waals surface area contributed by atoms with E-state index in [-0.39, 0.29) is 0 Å². The third-order valence-electron chi connectivity index (χ3n) is 2.63. The summed E-state index contributed by atoms with van der Waals surface area (Å²) in [6.07, 6.45) is 7.70. The topological polar surface area (TPSA) is 39.9 Å². The van der Waals surface area contributed by atoms with E-state index >= 15 is 0 Å². The molecule has 0 aliphatic heterocycles. The van der Waals surface area contributed by atoms with E-state index in [1.165, 1.54) is 0 Å². The molecule has 0 bridgehead atoms. The van der Waals surface area contributed by atoms with Gasteiger partial charge in [-0.25, -0.2) is 4.98 Å². The number of pyridine rings is 1. The molecular weight excluding hydrogens is 214 g/mol. The van der Waals surface area contributed by atoms with Crippen LogP contribution in [0.15, 0.2) is 30.7 Å². The highest BCUT2D eigenvalue weighted by Crippen LogP contribution is 2.12. The van der Waals surface area contributed by atoms with Crippen molar-refractivity contribution in [2.75, 3.05) is 7.11 Å². The summed E-state index contributed by atoms with van der Waals surface area (Å²) in [6, 6.07) is 3.81. The zero-order valence-corrected chi connectivity index (χ0v) is 10.3. The van der Waals surface area contributed by atoms with E-state index in [1.807, 2.05) is 24.5 Å². The first-order chi connectivity index (χ1) is 8.33. The Morgan fingerprint density at radius 1 is 1.29 bits per heavy atom. The summed E-state index contributed by atoms with van der Waals surface area (Å²) in [5.41, 5.74) is 0.986. The van der Waals surface area contributed by atoms with Crippen molar-refractivity contribution in [2.24, 2.45) is 0 Å². The molecule has 0 aliphatic carbocycles. The van der Waals surface area contributed by atoms with Gasteiger partial charge in [0.1, 0.15) is 11.6 Å². The summed E-state index contributed by atoms with van der Waals surface area (Å²) in [7, 11) is 1.67. The molecule has 0 N–H and O–H groups in total. The van der Waals surface area contributed by atoms with Crippen molar-refractivity contribution in [3.63, 3.8) is 0 Å². The first-order valence-corrected chi connectivity index (χ1v) is 5.82. The highest BCUT2D eigenvalue weighted by Gasteiger charge is 2.04. The maximum Gasteiger partial charge on any atom is 0.122 e. The van der Waals surface area contributed by atoms with Gasteiger partial charge in [-0.05, 0) is 12.5 Å². The quantitative estimate of drug-likeness (QED) is 0.792. The number of aryl methyl sites for hydroxylation is 1. The summed E-state index contributed by atoms with van der Waals surface area (Å²) in [4.78, 5) is 8.68. The van der Waals surface area contributed by atoms with E-state index in [9.17, 15) is 0 Å². The number of hydrogen-bond acceptors (Lipinski definition) is 3. The van der Waals surface area contributed by atoms with Crippen LogP contribution in [0.4, 0.5) is 0 Å². The van der Waals surface area contributed by atoms with Crippen LogP contribution in [0.25, 0.3) is 0 Å². The van der Waals surface area contributed by atoms with Gasteiger partial charge in [0, 0.05) is 31.1 Å². The molecule has 0 spiro atoms. The molecule has 0 atom stereocenters. The van der Waals surface area contributed by atoms with Gasteiger partial charge in [0.05, 0.1) is 19.3 Å². The summed E-state index contributed by atoms with van der Waals surface area (Å²) >= 11 is 0. The third kappa shape index (κ3) is 2.84. The van der Waals surface area contributed by atoms with Crippen LogP contribution in [0, 0.1) is 0 Å². The molecule has 17 heavy (non-hydrogen) atoms. The average molecular weight is 231 g/mol. The molecule has 0 saturated carbocycles. The molecule has 0 radical (unpaired) electrons. The Morgan fingerprint density at radius 3 is 2.94 bits per heavy atom.